The van der Waals surface area contributed by atoms with Crippen molar-refractivity contribution in [3.8, 4) is 0 Å². The van der Waals surface area contributed by atoms with E-state index in [2.05, 4.69) is 15.0 Å². The molecule has 1 saturated heterocycles. The van der Waals surface area contributed by atoms with E-state index in [1.807, 2.05) is 13.0 Å². The van der Waals surface area contributed by atoms with Crippen LogP contribution in [-0.2, 0) is 4.74 Å². The van der Waals surface area contributed by atoms with E-state index in [4.69, 9.17) is 4.74 Å². The molecule has 0 spiro atoms. The van der Waals surface area contributed by atoms with Crippen LogP contribution in [0.25, 0.3) is 0 Å². The number of hydrogen-bond donors (Lipinski definition) is 0. The Morgan fingerprint density at radius 3 is 3.20 bits per heavy atom. The summed E-state index contributed by atoms with van der Waals surface area (Å²) in [6, 6.07) is 1.84. The van der Waals surface area contributed by atoms with Crippen molar-refractivity contribution in [3.63, 3.8) is 0 Å². The van der Waals surface area contributed by atoms with Gasteiger partial charge in [-0.2, -0.15) is 0 Å². The zero-order valence-corrected chi connectivity index (χ0v) is 11.8. The molecule has 0 saturated carbocycles. The van der Waals surface area contributed by atoms with Crippen molar-refractivity contribution >= 4 is 17.2 Å². The van der Waals surface area contributed by atoms with Crippen LogP contribution in [-0.4, -0.2) is 45.5 Å². The monoisotopic (exact) mass is 290 g/mol. The number of amides is 1. The normalized spacial score (nSPS) is 19.1. The number of nitrogens with zero attached hydrogens (tertiary/aromatic N) is 4. The molecule has 1 aliphatic heterocycles. The number of morpholine rings is 1. The van der Waals surface area contributed by atoms with Crippen molar-refractivity contribution < 1.29 is 9.53 Å². The average molecular weight is 290 g/mol. The van der Waals surface area contributed by atoms with Crippen LogP contribution in [0.3, 0.4) is 0 Å². The van der Waals surface area contributed by atoms with E-state index in [9.17, 15) is 4.79 Å². The average Bonchev–Trinajstić information content (AvgIpc) is 3.01. The largest absolute Gasteiger partial charge is 0.367 e. The number of carbonyl (C=O) groups is 1. The second-order valence-electron chi connectivity index (χ2n) is 4.53. The van der Waals surface area contributed by atoms with Crippen molar-refractivity contribution in [2.75, 3.05) is 19.7 Å². The highest BCUT2D eigenvalue weighted by Crippen LogP contribution is 2.21. The first kappa shape index (κ1) is 13.1. The van der Waals surface area contributed by atoms with Gasteiger partial charge in [-0.25, -0.2) is 9.97 Å². The van der Waals surface area contributed by atoms with Gasteiger partial charge in [-0.15, -0.1) is 11.3 Å². The third-order valence-electron chi connectivity index (χ3n) is 3.10. The van der Waals surface area contributed by atoms with Crippen molar-refractivity contribution in [1.29, 1.82) is 0 Å². The van der Waals surface area contributed by atoms with Crippen molar-refractivity contribution in [2.45, 2.75) is 13.0 Å². The Bertz CT molecular complexity index is 602. The first-order chi connectivity index (χ1) is 9.74. The zero-order valence-electron chi connectivity index (χ0n) is 11.0. The van der Waals surface area contributed by atoms with Gasteiger partial charge in [-0.05, 0) is 13.0 Å². The topological polar surface area (TPSA) is 68.2 Å². The van der Waals surface area contributed by atoms with Gasteiger partial charge in [-0.1, -0.05) is 0 Å². The van der Waals surface area contributed by atoms with Gasteiger partial charge in [0.05, 0.1) is 24.9 Å². The van der Waals surface area contributed by atoms with Gasteiger partial charge < -0.3 is 9.64 Å². The molecule has 0 bridgehead atoms. The molecule has 1 amide bonds. The molecule has 6 nitrogen and oxygen atoms in total. The molecule has 104 valence electrons. The predicted octanol–water partition coefficient (Wildman–Crippen LogP) is 1.46. The molecule has 2 aromatic rings. The smallest absolute Gasteiger partial charge is 0.265 e. The highest BCUT2D eigenvalue weighted by Gasteiger charge is 2.28. The fourth-order valence-electron chi connectivity index (χ4n) is 2.09. The number of carbonyl (C=O) groups excluding carboxylic acids is 1. The van der Waals surface area contributed by atoms with Gasteiger partial charge in [0.15, 0.2) is 5.82 Å². The second kappa shape index (κ2) is 5.64. The van der Waals surface area contributed by atoms with Crippen molar-refractivity contribution in [1.82, 2.24) is 19.9 Å². The maximum atomic E-state index is 12.3. The fraction of sp³-hybridized carbons (Fsp3) is 0.385. The molecular weight excluding hydrogens is 276 g/mol. The fourth-order valence-corrected chi connectivity index (χ4v) is 2.68. The first-order valence-electron chi connectivity index (χ1n) is 6.33. The van der Waals surface area contributed by atoms with Gasteiger partial charge in [0, 0.05) is 18.4 Å². The van der Waals surface area contributed by atoms with Crippen LogP contribution in [0.5, 0.6) is 0 Å². The predicted molar refractivity (Wildman–Crippen MR) is 73.5 cm³/mol. The third kappa shape index (κ3) is 2.68. The minimum absolute atomic E-state index is 0.00606. The van der Waals surface area contributed by atoms with E-state index in [-0.39, 0.29) is 12.0 Å². The summed E-state index contributed by atoms with van der Waals surface area (Å²) >= 11 is 1.35. The van der Waals surface area contributed by atoms with Gasteiger partial charge in [0.1, 0.15) is 11.0 Å². The van der Waals surface area contributed by atoms with Crippen LogP contribution in [0.4, 0.5) is 0 Å². The van der Waals surface area contributed by atoms with E-state index in [0.29, 0.717) is 30.4 Å². The van der Waals surface area contributed by atoms with Gasteiger partial charge >= 0.3 is 0 Å². The Balaban J connectivity index is 1.75. The molecule has 2 aromatic heterocycles. The minimum atomic E-state index is -0.263. The summed E-state index contributed by atoms with van der Waals surface area (Å²) in [7, 11) is 0. The maximum absolute atomic E-state index is 12.3. The lowest BCUT2D eigenvalue weighted by molar-refractivity contribution is -0.0267. The summed E-state index contributed by atoms with van der Waals surface area (Å²) in [5.41, 5.74) is 2.55. The van der Waals surface area contributed by atoms with Gasteiger partial charge in [0.25, 0.3) is 5.91 Å². The Hall–Kier alpha value is -1.86. The maximum Gasteiger partial charge on any atom is 0.265 e. The lowest BCUT2D eigenvalue weighted by Crippen LogP contribution is -2.42. The van der Waals surface area contributed by atoms with Gasteiger partial charge in [-0.3, -0.25) is 9.78 Å². The molecule has 7 heteroatoms. The summed E-state index contributed by atoms with van der Waals surface area (Å²) in [4.78, 5) is 27.3. The number of ether oxygens (including phenoxy) is 1. The molecule has 1 fully saturated rings. The molecule has 1 atom stereocenters. The van der Waals surface area contributed by atoms with Crippen molar-refractivity contribution in [3.05, 3.63) is 40.4 Å². The quantitative estimate of drug-likeness (QED) is 0.837. The number of rotatable bonds is 2. The van der Waals surface area contributed by atoms with Crippen LogP contribution in [0.15, 0.2) is 24.0 Å². The molecule has 0 aliphatic carbocycles. The van der Waals surface area contributed by atoms with Crippen LogP contribution < -0.4 is 0 Å². The molecule has 0 aromatic carbocycles. The van der Waals surface area contributed by atoms with E-state index in [0.717, 1.165) is 5.69 Å². The lowest BCUT2D eigenvalue weighted by atomic mass is 10.2. The van der Waals surface area contributed by atoms with Gasteiger partial charge in [0.2, 0.25) is 0 Å². The first-order valence-corrected chi connectivity index (χ1v) is 7.21. The Morgan fingerprint density at radius 2 is 2.45 bits per heavy atom. The Kier molecular flexibility index (Phi) is 3.70. The molecule has 1 unspecified atom stereocenters. The lowest BCUT2D eigenvalue weighted by Gasteiger charge is -2.31. The molecule has 1 aliphatic rings. The SMILES string of the molecule is Cc1ccnc(C2CN(C(=O)c3cncs3)CCO2)n1. The van der Waals surface area contributed by atoms with Crippen LogP contribution in [0.1, 0.15) is 27.3 Å². The van der Waals surface area contributed by atoms with Crippen LogP contribution in [0.2, 0.25) is 0 Å². The number of aryl methyl sites for hydroxylation is 1. The number of aromatic nitrogens is 3. The standard InChI is InChI=1S/C13H14N4O2S/c1-9-2-3-15-12(16-9)10-7-17(4-5-19-10)13(18)11-6-14-8-20-11/h2-3,6,8,10H,4-5,7H2,1H3. The van der Waals surface area contributed by atoms with Crippen molar-refractivity contribution in [2.24, 2.45) is 0 Å². The summed E-state index contributed by atoms with van der Waals surface area (Å²) in [5.74, 6) is 0.625. The van der Waals surface area contributed by atoms with E-state index in [1.165, 1.54) is 11.3 Å². The molecule has 3 heterocycles. The summed E-state index contributed by atoms with van der Waals surface area (Å²) in [6.45, 7) is 3.46. The third-order valence-corrected chi connectivity index (χ3v) is 3.86. The number of thiazole rings is 1. The summed E-state index contributed by atoms with van der Waals surface area (Å²) in [5, 5.41) is 0. The molecular formula is C13H14N4O2S. The van der Waals surface area contributed by atoms with E-state index >= 15 is 0 Å². The molecule has 20 heavy (non-hydrogen) atoms. The van der Waals surface area contributed by atoms with Crippen LogP contribution in [0, 0.1) is 6.92 Å². The van der Waals surface area contributed by atoms with E-state index < -0.39 is 0 Å². The second-order valence-corrected chi connectivity index (χ2v) is 5.42. The van der Waals surface area contributed by atoms with E-state index in [1.54, 1.807) is 22.8 Å². The highest BCUT2D eigenvalue weighted by atomic mass is 32.1. The summed E-state index contributed by atoms with van der Waals surface area (Å²) in [6.07, 6.45) is 3.05. The molecule has 0 radical (unpaired) electrons. The number of hydrogen-bond acceptors (Lipinski definition) is 6. The summed E-state index contributed by atoms with van der Waals surface area (Å²) < 4.78 is 5.69. The molecule has 3 rings (SSSR count). The minimum Gasteiger partial charge on any atom is -0.367 e. The molecule has 0 N–H and O–H groups in total. The Labute approximate surface area is 120 Å². The zero-order chi connectivity index (χ0) is 13.9. The highest BCUT2D eigenvalue weighted by molar-refractivity contribution is 7.11. The Morgan fingerprint density at radius 1 is 1.55 bits per heavy atom. The van der Waals surface area contributed by atoms with Crippen LogP contribution >= 0.6 is 11.3 Å².